The van der Waals surface area contributed by atoms with E-state index in [1.54, 1.807) is 0 Å². The number of rotatable bonds is 1. The molecule has 0 aromatic heterocycles. The van der Waals surface area contributed by atoms with Crippen LogP contribution in [0.4, 0.5) is 26.3 Å². The Balaban J connectivity index is 3.69. The number of amides is 1. The lowest BCUT2D eigenvalue weighted by Crippen LogP contribution is -2.19. The molecule has 0 bridgehead atoms. The van der Waals surface area contributed by atoms with Crippen molar-refractivity contribution in [3.05, 3.63) is 34.9 Å². The van der Waals surface area contributed by atoms with E-state index in [4.69, 9.17) is 0 Å². The minimum absolute atomic E-state index is 0.362. The third-order valence-corrected chi connectivity index (χ3v) is 2.13. The topological polar surface area (TPSA) is 29.4 Å². The molecular weight excluding hydrogens is 296 g/mol. The molecule has 0 radical (unpaired) electrons. The Kier molecular flexibility index (Phi) is 4.12. The van der Waals surface area contributed by atoms with Crippen molar-refractivity contribution in [3.63, 3.8) is 0 Å². The van der Waals surface area contributed by atoms with Gasteiger partial charge < -0.3 is 0 Å². The van der Waals surface area contributed by atoms with Gasteiger partial charge in [0, 0.05) is 0 Å². The highest BCUT2D eigenvalue weighted by molar-refractivity contribution is 7.78. The van der Waals surface area contributed by atoms with Crippen LogP contribution in [0.2, 0.25) is 0 Å². The fourth-order valence-corrected chi connectivity index (χ4v) is 1.44. The molecule has 0 aliphatic heterocycles. The van der Waals surface area contributed by atoms with E-state index in [9.17, 15) is 31.1 Å². The van der Waals surface area contributed by atoms with Gasteiger partial charge in [-0.15, -0.1) is 0 Å². The summed E-state index contributed by atoms with van der Waals surface area (Å²) in [5.41, 5.74) is -5.03. The molecule has 0 atom stereocenters. The molecule has 0 heterocycles. The van der Waals surface area contributed by atoms with Crippen molar-refractivity contribution in [2.24, 2.45) is 4.99 Å². The monoisotopic (exact) mass is 299 g/mol. The van der Waals surface area contributed by atoms with Crippen molar-refractivity contribution in [1.82, 2.24) is 0 Å². The van der Waals surface area contributed by atoms with E-state index >= 15 is 0 Å². The van der Waals surface area contributed by atoms with Crippen LogP contribution in [-0.2, 0) is 12.4 Å². The van der Waals surface area contributed by atoms with E-state index in [-0.39, 0.29) is 0 Å². The van der Waals surface area contributed by atoms with E-state index in [0.29, 0.717) is 18.2 Å². The molecule has 2 nitrogen and oxygen atoms in total. The number of halogens is 6. The molecule has 0 N–H and O–H groups in total. The lowest BCUT2D eigenvalue weighted by Gasteiger charge is -2.15. The molecule has 9 heteroatoms. The lowest BCUT2D eigenvalue weighted by atomic mass is 9.99. The first kappa shape index (κ1) is 15.3. The number of benzene rings is 1. The van der Waals surface area contributed by atoms with Gasteiger partial charge in [-0.2, -0.15) is 31.3 Å². The van der Waals surface area contributed by atoms with Gasteiger partial charge in [0.1, 0.15) is 0 Å². The largest absolute Gasteiger partial charge is 0.417 e. The highest BCUT2D eigenvalue weighted by Crippen LogP contribution is 2.39. The van der Waals surface area contributed by atoms with Crippen molar-refractivity contribution >= 4 is 23.3 Å². The lowest BCUT2D eigenvalue weighted by molar-refractivity contribution is -0.143. The summed E-state index contributed by atoms with van der Waals surface area (Å²) >= 11 is 4.00. The van der Waals surface area contributed by atoms with Crippen LogP contribution in [0.25, 0.3) is 0 Å². The molecule has 0 aliphatic rings. The zero-order valence-electron chi connectivity index (χ0n) is 8.76. The third-order valence-electron chi connectivity index (χ3n) is 2.04. The summed E-state index contributed by atoms with van der Waals surface area (Å²) in [6, 6.07) is 1.28. The molecule has 1 amide bonds. The number of carbonyl (C=O) groups is 1. The Hall–Kier alpha value is -1.73. The first-order valence-electron chi connectivity index (χ1n) is 4.48. The van der Waals surface area contributed by atoms with Crippen LogP contribution in [0.3, 0.4) is 0 Å². The number of hydrogen-bond acceptors (Lipinski definition) is 2. The first-order chi connectivity index (χ1) is 8.59. The Morgan fingerprint density at radius 1 is 1.05 bits per heavy atom. The van der Waals surface area contributed by atoms with Crippen LogP contribution in [-0.4, -0.2) is 11.1 Å². The van der Waals surface area contributed by atoms with Gasteiger partial charge in [0.15, 0.2) is 0 Å². The maximum atomic E-state index is 12.6. The minimum atomic E-state index is -5.12. The molecule has 1 aromatic carbocycles. The molecule has 1 aromatic rings. The van der Waals surface area contributed by atoms with Crippen LogP contribution in [0.5, 0.6) is 0 Å². The summed E-state index contributed by atoms with van der Waals surface area (Å²) in [5.74, 6) is -1.74. The average Bonchev–Trinajstić information content (AvgIpc) is 2.26. The van der Waals surface area contributed by atoms with E-state index in [1.807, 2.05) is 0 Å². The van der Waals surface area contributed by atoms with Gasteiger partial charge >= 0.3 is 12.4 Å². The van der Waals surface area contributed by atoms with Crippen molar-refractivity contribution in [2.45, 2.75) is 12.4 Å². The van der Waals surface area contributed by atoms with Crippen molar-refractivity contribution < 1.29 is 31.1 Å². The second kappa shape index (κ2) is 5.10. The third kappa shape index (κ3) is 3.39. The standard InChI is InChI=1S/C10H3F6NOS/c11-9(12,13)5-2-1-3-6(10(14,15)16)7(5)8(18)17-4-19/h1-3H. The summed E-state index contributed by atoms with van der Waals surface area (Å²) in [6.45, 7) is 0. The summed E-state index contributed by atoms with van der Waals surface area (Å²) in [4.78, 5) is 14.0. The second-order valence-electron chi connectivity index (χ2n) is 3.23. The summed E-state index contributed by atoms with van der Waals surface area (Å²) in [6.07, 6.45) is -10.2. The van der Waals surface area contributed by atoms with Gasteiger partial charge in [-0.25, -0.2) is 0 Å². The van der Waals surface area contributed by atoms with Crippen LogP contribution < -0.4 is 0 Å². The molecule has 0 unspecified atom stereocenters. The van der Waals surface area contributed by atoms with Crippen LogP contribution in [0, 0.1) is 0 Å². The SMILES string of the molecule is O=C(N=C=S)c1c(C(F)(F)F)cccc1C(F)(F)F. The van der Waals surface area contributed by atoms with Crippen molar-refractivity contribution in [1.29, 1.82) is 0 Å². The molecule has 102 valence electrons. The molecule has 0 saturated carbocycles. The normalized spacial score (nSPS) is 11.9. The van der Waals surface area contributed by atoms with Crippen molar-refractivity contribution in [2.75, 3.05) is 0 Å². The second-order valence-corrected chi connectivity index (χ2v) is 3.41. The maximum absolute atomic E-state index is 12.6. The Bertz CT molecular complexity index is 524. The van der Waals surface area contributed by atoms with Gasteiger partial charge in [0.2, 0.25) is 0 Å². The molecule has 0 fully saturated rings. The van der Waals surface area contributed by atoms with Gasteiger partial charge in [-0.3, -0.25) is 4.79 Å². The van der Waals surface area contributed by atoms with Gasteiger partial charge in [0.25, 0.3) is 5.91 Å². The molecular formula is C10H3F6NOS. The highest BCUT2D eigenvalue weighted by atomic mass is 32.1. The summed E-state index contributed by atoms with van der Waals surface area (Å²) in [5, 5.41) is 1.45. The predicted molar refractivity (Wildman–Crippen MR) is 55.8 cm³/mol. The fraction of sp³-hybridized carbons (Fsp3) is 0.200. The first-order valence-corrected chi connectivity index (χ1v) is 4.89. The summed E-state index contributed by atoms with van der Waals surface area (Å²) in [7, 11) is 0. The molecule has 0 saturated heterocycles. The van der Waals surface area contributed by atoms with Crippen LogP contribution in [0.15, 0.2) is 23.2 Å². The number of carbonyl (C=O) groups excluding carboxylic acids is 1. The smallest absolute Gasteiger partial charge is 0.266 e. The molecule has 1 rings (SSSR count). The van der Waals surface area contributed by atoms with Gasteiger partial charge in [-0.05, 0) is 24.4 Å². The number of thiocarbonyl (C=S) groups is 1. The zero-order chi connectivity index (χ0) is 14.8. The fourth-order valence-electron chi connectivity index (χ4n) is 1.35. The van der Waals surface area contributed by atoms with Gasteiger partial charge in [-0.1, -0.05) is 6.07 Å². The average molecular weight is 299 g/mol. The molecule has 0 spiro atoms. The minimum Gasteiger partial charge on any atom is -0.266 e. The number of aliphatic imine (C=N–C) groups is 1. The van der Waals surface area contributed by atoms with E-state index in [2.05, 4.69) is 17.2 Å². The van der Waals surface area contributed by atoms with E-state index in [1.165, 1.54) is 5.16 Å². The van der Waals surface area contributed by atoms with Gasteiger partial charge in [0.05, 0.1) is 21.9 Å². The van der Waals surface area contributed by atoms with Crippen LogP contribution in [0.1, 0.15) is 21.5 Å². The number of nitrogens with zero attached hydrogens (tertiary/aromatic N) is 1. The quantitative estimate of drug-likeness (QED) is 0.446. The summed E-state index contributed by atoms with van der Waals surface area (Å²) < 4.78 is 75.7. The zero-order valence-corrected chi connectivity index (χ0v) is 9.58. The molecule has 0 aliphatic carbocycles. The van der Waals surface area contributed by atoms with Crippen molar-refractivity contribution in [3.8, 4) is 0 Å². The van der Waals surface area contributed by atoms with E-state index in [0.717, 1.165) is 0 Å². The van der Waals surface area contributed by atoms with E-state index < -0.39 is 35.0 Å². The maximum Gasteiger partial charge on any atom is 0.417 e. The number of hydrogen-bond donors (Lipinski definition) is 0. The highest BCUT2D eigenvalue weighted by Gasteiger charge is 2.42. The number of isothiocyanates is 1. The Morgan fingerprint density at radius 2 is 1.47 bits per heavy atom. The van der Waals surface area contributed by atoms with Crippen LogP contribution >= 0.6 is 12.2 Å². The molecule has 19 heavy (non-hydrogen) atoms. The predicted octanol–water partition coefficient (Wildman–Crippen LogP) is 3.97. The Labute approximate surface area is 107 Å². The number of alkyl halides is 6. The Morgan fingerprint density at radius 3 is 1.79 bits per heavy atom.